The molecular formula is C18H13Cl2N3O4S. The first-order valence-electron chi connectivity index (χ1n) is 7.85. The number of carbonyl (C=O) groups is 1. The summed E-state index contributed by atoms with van der Waals surface area (Å²) in [5.41, 5.74) is 0.657. The van der Waals surface area contributed by atoms with Gasteiger partial charge in [-0.1, -0.05) is 29.8 Å². The monoisotopic (exact) mass is 437 g/mol. The number of rotatable bonds is 4. The van der Waals surface area contributed by atoms with Gasteiger partial charge in [0, 0.05) is 23.0 Å². The van der Waals surface area contributed by atoms with Crippen molar-refractivity contribution in [2.45, 2.75) is 11.8 Å². The Labute approximate surface area is 170 Å². The molecule has 0 unspecified atom stereocenters. The van der Waals surface area contributed by atoms with E-state index in [2.05, 4.69) is 15.5 Å². The number of azo groups is 1. The lowest BCUT2D eigenvalue weighted by Crippen LogP contribution is -2.07. The summed E-state index contributed by atoms with van der Waals surface area (Å²) in [6.45, 7) is 1.29. The minimum Gasteiger partial charge on any atom is -0.505 e. The van der Waals surface area contributed by atoms with E-state index in [4.69, 9.17) is 22.3 Å². The Bertz CT molecular complexity index is 1230. The maximum Gasteiger partial charge on any atom is 0.261 e. The molecule has 28 heavy (non-hydrogen) atoms. The summed E-state index contributed by atoms with van der Waals surface area (Å²) in [5.74, 6) is -0.760. The topological polar surface area (TPSA) is 108 Å². The molecule has 1 amide bonds. The number of anilines is 1. The molecule has 10 heteroatoms. The lowest BCUT2D eigenvalue weighted by Gasteiger charge is -2.12. The van der Waals surface area contributed by atoms with Crippen LogP contribution in [0.25, 0.3) is 10.8 Å². The highest BCUT2D eigenvalue weighted by atomic mass is 35.7. The maximum atomic E-state index is 11.9. The first kappa shape index (κ1) is 20.1. The summed E-state index contributed by atoms with van der Waals surface area (Å²) >= 11 is 6.03. The summed E-state index contributed by atoms with van der Waals surface area (Å²) in [6, 6.07) is 12.2. The van der Waals surface area contributed by atoms with Crippen LogP contribution in [0.1, 0.15) is 6.92 Å². The van der Waals surface area contributed by atoms with E-state index in [0.717, 1.165) is 0 Å². The van der Waals surface area contributed by atoms with Gasteiger partial charge >= 0.3 is 0 Å². The molecule has 144 valence electrons. The van der Waals surface area contributed by atoms with Gasteiger partial charge in [-0.2, -0.15) is 0 Å². The maximum absolute atomic E-state index is 11.9. The van der Waals surface area contributed by atoms with Crippen molar-refractivity contribution >= 4 is 65.1 Å². The summed E-state index contributed by atoms with van der Waals surface area (Å²) in [6.07, 6.45) is 0. The molecule has 0 aromatic heterocycles. The summed E-state index contributed by atoms with van der Waals surface area (Å²) in [7, 11) is 1.40. The predicted octanol–water partition coefficient (Wildman–Crippen LogP) is 5.50. The fraction of sp³-hybridized carbons (Fsp3) is 0.0556. The van der Waals surface area contributed by atoms with Gasteiger partial charge in [0.05, 0.1) is 21.0 Å². The molecule has 3 aromatic rings. The predicted molar refractivity (Wildman–Crippen MR) is 109 cm³/mol. The Morgan fingerprint density at radius 3 is 2.36 bits per heavy atom. The second-order valence-electron chi connectivity index (χ2n) is 5.74. The van der Waals surface area contributed by atoms with Gasteiger partial charge in [0.1, 0.15) is 11.4 Å². The third kappa shape index (κ3) is 4.09. The summed E-state index contributed by atoms with van der Waals surface area (Å²) in [4.78, 5) is 11.3. The van der Waals surface area contributed by atoms with Crippen LogP contribution < -0.4 is 5.32 Å². The number of halogens is 2. The molecule has 0 atom stereocenters. The van der Waals surface area contributed by atoms with Gasteiger partial charge in [0.2, 0.25) is 5.91 Å². The average Bonchev–Trinajstić information content (AvgIpc) is 2.61. The molecule has 0 heterocycles. The number of amides is 1. The zero-order valence-electron chi connectivity index (χ0n) is 14.3. The van der Waals surface area contributed by atoms with Gasteiger partial charge < -0.3 is 10.4 Å². The molecule has 0 fully saturated rings. The number of aromatic hydroxyl groups is 1. The average molecular weight is 438 g/mol. The third-order valence-corrected chi connectivity index (χ3v) is 5.48. The number of benzene rings is 3. The van der Waals surface area contributed by atoms with Crippen molar-refractivity contribution in [2.75, 3.05) is 5.32 Å². The number of carbonyl (C=O) groups excluding carboxylic acids is 1. The zero-order valence-corrected chi connectivity index (χ0v) is 16.7. The molecule has 0 saturated carbocycles. The lowest BCUT2D eigenvalue weighted by molar-refractivity contribution is -0.114. The Kier molecular flexibility index (Phi) is 5.55. The van der Waals surface area contributed by atoms with Gasteiger partial charge in [-0.15, -0.1) is 10.2 Å². The van der Waals surface area contributed by atoms with E-state index < -0.39 is 15.0 Å². The molecule has 0 saturated heterocycles. The van der Waals surface area contributed by atoms with Crippen molar-refractivity contribution in [1.29, 1.82) is 0 Å². The standard InChI is InChI=1S/C18H13Cl2N3O4S/c1-10(24)21-14-8-9-16(28(20,26)27)11-6-7-15(18(25)17(11)14)23-22-13-5-3-2-4-12(13)19/h2-9,25H,1H3,(H,21,24). The van der Waals surface area contributed by atoms with E-state index in [-0.39, 0.29) is 32.8 Å². The van der Waals surface area contributed by atoms with E-state index >= 15 is 0 Å². The van der Waals surface area contributed by atoms with Gasteiger partial charge in [0.25, 0.3) is 9.05 Å². The number of phenolic OH excluding ortho intramolecular Hbond substituents is 1. The molecule has 2 N–H and O–H groups in total. The van der Waals surface area contributed by atoms with Crippen molar-refractivity contribution < 1.29 is 18.3 Å². The van der Waals surface area contributed by atoms with Gasteiger partial charge in [-0.3, -0.25) is 4.79 Å². The second kappa shape index (κ2) is 7.75. The number of phenols is 1. The highest BCUT2D eigenvalue weighted by Crippen LogP contribution is 2.42. The Hall–Kier alpha value is -2.68. The SMILES string of the molecule is CC(=O)Nc1ccc(S(=O)(=O)Cl)c2ccc(N=Nc3ccccc3Cl)c(O)c12. The third-order valence-electron chi connectivity index (χ3n) is 3.78. The van der Waals surface area contributed by atoms with Crippen molar-refractivity contribution in [3.05, 3.63) is 53.6 Å². The Balaban J connectivity index is 2.23. The smallest absolute Gasteiger partial charge is 0.261 e. The summed E-state index contributed by atoms with van der Waals surface area (Å²) < 4.78 is 23.7. The van der Waals surface area contributed by atoms with Crippen LogP contribution in [0.3, 0.4) is 0 Å². The largest absolute Gasteiger partial charge is 0.505 e. The molecular weight excluding hydrogens is 425 g/mol. The first-order valence-corrected chi connectivity index (χ1v) is 10.5. The van der Waals surface area contributed by atoms with E-state index in [0.29, 0.717) is 10.7 Å². The molecule has 3 rings (SSSR count). The van der Waals surface area contributed by atoms with Crippen LogP contribution in [0, 0.1) is 0 Å². The molecule has 7 nitrogen and oxygen atoms in total. The minimum absolute atomic E-state index is 0.0585. The highest BCUT2D eigenvalue weighted by Gasteiger charge is 2.20. The fourth-order valence-corrected chi connectivity index (χ4v) is 3.86. The number of nitrogens with one attached hydrogen (secondary N) is 1. The molecule has 0 aliphatic rings. The second-order valence-corrected chi connectivity index (χ2v) is 8.68. The number of hydrogen-bond acceptors (Lipinski definition) is 6. The highest BCUT2D eigenvalue weighted by molar-refractivity contribution is 8.14. The van der Waals surface area contributed by atoms with E-state index in [1.807, 2.05) is 0 Å². The van der Waals surface area contributed by atoms with Crippen LogP contribution in [0.4, 0.5) is 17.1 Å². The fourth-order valence-electron chi connectivity index (χ4n) is 2.62. The minimum atomic E-state index is -4.09. The van der Waals surface area contributed by atoms with E-state index in [9.17, 15) is 18.3 Å². The van der Waals surface area contributed by atoms with E-state index in [1.165, 1.54) is 31.2 Å². The van der Waals surface area contributed by atoms with Crippen LogP contribution in [-0.2, 0) is 13.8 Å². The van der Waals surface area contributed by atoms with Crippen molar-refractivity contribution in [1.82, 2.24) is 0 Å². The lowest BCUT2D eigenvalue weighted by atomic mass is 10.1. The van der Waals surface area contributed by atoms with Crippen LogP contribution >= 0.6 is 22.3 Å². The molecule has 0 radical (unpaired) electrons. The van der Waals surface area contributed by atoms with Crippen molar-refractivity contribution in [3.63, 3.8) is 0 Å². The number of hydrogen-bond donors (Lipinski definition) is 2. The Morgan fingerprint density at radius 2 is 1.71 bits per heavy atom. The Morgan fingerprint density at radius 1 is 1.04 bits per heavy atom. The molecule has 0 bridgehead atoms. The number of fused-ring (bicyclic) bond motifs is 1. The van der Waals surface area contributed by atoms with Crippen LogP contribution in [0.2, 0.25) is 5.02 Å². The van der Waals surface area contributed by atoms with Crippen LogP contribution in [-0.4, -0.2) is 19.4 Å². The quantitative estimate of drug-likeness (QED) is 0.414. The van der Waals surface area contributed by atoms with E-state index in [1.54, 1.807) is 24.3 Å². The normalized spacial score (nSPS) is 11.8. The van der Waals surface area contributed by atoms with Crippen molar-refractivity contribution in [2.24, 2.45) is 10.2 Å². The molecule has 0 aliphatic heterocycles. The summed E-state index contributed by atoms with van der Waals surface area (Å²) in [5, 5.41) is 21.8. The molecule has 0 aliphatic carbocycles. The number of nitrogens with zero attached hydrogens (tertiary/aromatic N) is 2. The molecule has 3 aromatic carbocycles. The van der Waals surface area contributed by atoms with Gasteiger partial charge in [-0.05, 0) is 30.3 Å². The van der Waals surface area contributed by atoms with Gasteiger partial charge in [-0.25, -0.2) is 8.42 Å². The van der Waals surface area contributed by atoms with Crippen molar-refractivity contribution in [3.8, 4) is 5.75 Å². The first-order chi connectivity index (χ1) is 13.2. The zero-order chi connectivity index (χ0) is 20.5. The van der Waals surface area contributed by atoms with Crippen LogP contribution in [0.5, 0.6) is 5.75 Å². The molecule has 0 spiro atoms. The van der Waals surface area contributed by atoms with Gasteiger partial charge in [0.15, 0.2) is 5.75 Å². The van der Waals surface area contributed by atoms with Crippen LogP contribution in [0.15, 0.2) is 63.7 Å².